The summed E-state index contributed by atoms with van der Waals surface area (Å²) >= 11 is 0. The first-order valence-electron chi connectivity index (χ1n) is 29.6. The number of halogens is 2. The number of ether oxygens (including phenoxy) is 1. The van der Waals surface area contributed by atoms with Crippen molar-refractivity contribution in [2.75, 3.05) is 0 Å². The Labute approximate surface area is 461 Å². The number of esters is 1. The van der Waals surface area contributed by atoms with Gasteiger partial charge in [0.05, 0.1) is 11.7 Å². The maximum atomic E-state index is 13.8. The van der Waals surface area contributed by atoms with Gasteiger partial charge in [0.15, 0.2) is 11.6 Å². The van der Waals surface area contributed by atoms with Gasteiger partial charge in [0.1, 0.15) is 6.10 Å². The Balaban J connectivity index is 0.000000241. The molecule has 8 aliphatic carbocycles. The molecule has 8 aliphatic rings. The highest BCUT2D eigenvalue weighted by Gasteiger charge is 2.65. The summed E-state index contributed by atoms with van der Waals surface area (Å²) in [7, 11) is 5.00. The maximum absolute atomic E-state index is 13.8. The number of fused-ring (bicyclic) bond motifs is 8. The molecule has 0 aromatic heterocycles. The predicted molar refractivity (Wildman–Crippen MR) is 318 cm³/mol. The molecule has 2 unspecified atom stereocenters. The van der Waals surface area contributed by atoms with E-state index < -0.39 is 17.6 Å². The molecular weight excluding hydrogens is 924 g/mol. The van der Waals surface area contributed by atoms with Gasteiger partial charge < -0.3 is 9.84 Å². The number of hydrogen-bond acceptors (Lipinski definition) is 3. The van der Waals surface area contributed by atoms with E-state index in [-0.39, 0.29) is 54.6 Å². The van der Waals surface area contributed by atoms with E-state index in [4.69, 9.17) is 12.5 Å². The van der Waals surface area contributed by atoms with Crippen molar-refractivity contribution in [3.8, 4) is 0 Å². The van der Waals surface area contributed by atoms with Crippen LogP contribution in [-0.4, -0.2) is 38.8 Å². The molecule has 9 rings (SSSR count). The Morgan fingerprint density at radius 2 is 1.07 bits per heavy atom. The first-order chi connectivity index (χ1) is 34.5. The van der Waals surface area contributed by atoms with E-state index in [9.17, 15) is 18.7 Å². The van der Waals surface area contributed by atoms with Gasteiger partial charge in [-0.25, -0.2) is 13.6 Å². The van der Waals surface area contributed by atoms with Crippen molar-refractivity contribution < 1.29 is 23.4 Å². The second-order valence-electron chi connectivity index (χ2n) is 29.2. The first kappa shape index (κ1) is 61.8. The largest absolute Gasteiger partial charge is 0.458 e. The molecule has 0 amide bonds. The Kier molecular flexibility index (Phi) is 18.6. The van der Waals surface area contributed by atoms with E-state index >= 15 is 0 Å². The van der Waals surface area contributed by atoms with E-state index in [0.717, 1.165) is 67.9 Å². The van der Waals surface area contributed by atoms with Crippen molar-refractivity contribution in [3.05, 3.63) is 81.0 Å². The molecule has 14 atom stereocenters. The van der Waals surface area contributed by atoms with Gasteiger partial charge >= 0.3 is 5.97 Å². The number of benzene rings is 1. The van der Waals surface area contributed by atoms with Crippen LogP contribution in [0.2, 0.25) is 0 Å². The van der Waals surface area contributed by atoms with Gasteiger partial charge in [-0.05, 0) is 248 Å². The van der Waals surface area contributed by atoms with E-state index in [1.807, 2.05) is 11.1 Å². The highest BCUT2D eigenvalue weighted by Crippen LogP contribution is 2.74. The molecule has 1 aromatic carbocycles. The SMILES string of the molecule is C.CC(C)=CCC[C@@H](C)[C@H]1CC[C@@]2(C)C3=C(CC[C@]12C)[C@@]1(C)CC[C@H](O)C(C)(C)C1CC3.CC(C)=CCC[C@@H](C)[C@H]1CC[C@@]2(C)C3=C(CC[C@]12C)[C@@]1(C)CC[C@H](OC(=O)c2ccc(F)c(F)c2)C(C)(C)C1CC3.[B][BH3-]. The van der Waals surface area contributed by atoms with Crippen LogP contribution in [0.3, 0.4) is 0 Å². The molecule has 4 saturated carbocycles. The smallest absolute Gasteiger partial charge is 0.338 e. The lowest BCUT2D eigenvalue weighted by atomic mass is 9.43. The van der Waals surface area contributed by atoms with E-state index in [1.165, 1.54) is 114 Å². The molecule has 0 bridgehead atoms. The van der Waals surface area contributed by atoms with Gasteiger partial charge in [-0.15, -0.1) is 0 Å². The zero-order valence-corrected chi connectivity index (χ0v) is 49.2. The van der Waals surface area contributed by atoms with Crippen LogP contribution in [0.1, 0.15) is 257 Å². The molecule has 0 heterocycles. The molecule has 3 nitrogen and oxygen atoms in total. The highest BCUT2D eigenvalue weighted by atomic mass is 19.2. The third-order valence-corrected chi connectivity index (χ3v) is 24.7. The molecule has 420 valence electrons. The van der Waals surface area contributed by atoms with Gasteiger partial charge in [-0.1, -0.05) is 144 Å². The van der Waals surface area contributed by atoms with Crippen LogP contribution in [0.25, 0.3) is 0 Å². The minimum atomic E-state index is -1.02. The van der Waals surface area contributed by atoms with Crippen LogP contribution < -0.4 is 0 Å². The van der Waals surface area contributed by atoms with Crippen molar-refractivity contribution in [2.24, 2.45) is 78.8 Å². The average molecular weight is 1030 g/mol. The van der Waals surface area contributed by atoms with Crippen molar-refractivity contribution in [3.63, 3.8) is 0 Å². The summed E-state index contributed by atoms with van der Waals surface area (Å²) in [5.74, 6) is 1.73. The third-order valence-electron chi connectivity index (χ3n) is 24.7. The lowest BCUT2D eigenvalue weighted by Gasteiger charge is -2.62. The lowest BCUT2D eigenvalue weighted by molar-refractivity contribution is -0.104. The number of rotatable bonds is 10. The third kappa shape index (κ3) is 10.4. The predicted octanol–water partition coefficient (Wildman–Crippen LogP) is 18.2. The highest BCUT2D eigenvalue weighted by molar-refractivity contribution is 6.75. The van der Waals surface area contributed by atoms with Crippen LogP contribution >= 0.6 is 0 Å². The first-order valence-corrected chi connectivity index (χ1v) is 29.6. The number of carbonyl (C=O) groups is 1. The number of aliphatic hydroxyl groups excluding tert-OH is 1. The van der Waals surface area contributed by atoms with Crippen molar-refractivity contribution in [2.45, 2.75) is 259 Å². The molecule has 2 radical (unpaired) electrons. The zero-order chi connectivity index (χ0) is 54.8. The summed E-state index contributed by atoms with van der Waals surface area (Å²) in [6.45, 7) is 38.8. The monoisotopic (exact) mass is 1030 g/mol. The standard InChI is InChI=1S/C37H52F2O2.C30H50O.CH4.B2H3/c1-23(2)10-9-11-24(3)26-16-20-37(8)28-13-15-31-34(4,5)32(41-33(40)25-12-14-29(38)30(39)22-25)18-19-35(31,6)27(28)17-21-36(26,37)7;1-20(2)10-9-11-21(3)22-14-18-30(8)24-12-13-25-27(4,5)26(31)16-17-28(25,6)23(24)15-19-29(22,30)7;;1-2/h10,12,14,22,24,26,31-32H,9,11,13,15-21H2,1-8H3;10,21-22,25-26,31H,9,11-19H2,1-8H3;1H4;1H3/q;;;-1/t24-,26-,31?,32+,35-,36-,37+;21-,22-,25?,26+,28-,29-,30+;;/m11../s1. The van der Waals surface area contributed by atoms with Crippen molar-refractivity contribution in [1.82, 2.24) is 0 Å². The topological polar surface area (TPSA) is 46.5 Å². The molecule has 0 saturated heterocycles. The Hall–Kier alpha value is -2.40. The van der Waals surface area contributed by atoms with E-state index in [1.54, 1.807) is 11.1 Å². The number of hydrogen-bond donors (Lipinski definition) is 1. The molecular formula is C68H109B2F2O3-. The van der Waals surface area contributed by atoms with Crippen LogP contribution in [0.4, 0.5) is 8.78 Å². The summed E-state index contributed by atoms with van der Waals surface area (Å²) in [5.41, 5.74) is 11.9. The average Bonchev–Trinajstić information content (AvgIpc) is 3.79. The summed E-state index contributed by atoms with van der Waals surface area (Å²) in [5, 5.41) is 10.8. The normalized spacial score (nSPS) is 38.6. The second kappa shape index (κ2) is 22.6. The van der Waals surface area contributed by atoms with Crippen LogP contribution in [0.15, 0.2) is 63.8 Å². The molecule has 0 spiro atoms. The summed E-state index contributed by atoms with van der Waals surface area (Å²) < 4.78 is 33.3. The fourth-order valence-corrected chi connectivity index (χ4v) is 19.9. The molecule has 4 fully saturated rings. The summed E-state index contributed by atoms with van der Waals surface area (Å²) in [6.07, 6.45) is 29.0. The Morgan fingerprint density at radius 3 is 1.51 bits per heavy atom. The van der Waals surface area contributed by atoms with Crippen molar-refractivity contribution >= 4 is 21.4 Å². The van der Waals surface area contributed by atoms with Gasteiger partial charge in [0.2, 0.25) is 0 Å². The zero-order valence-electron chi connectivity index (χ0n) is 49.2. The van der Waals surface area contributed by atoms with Crippen LogP contribution in [-0.2, 0) is 4.74 Å². The minimum Gasteiger partial charge on any atom is -0.458 e. The molecule has 0 aliphatic heterocycles. The molecule has 1 N–H and O–H groups in total. The number of aliphatic hydroxyl groups is 1. The summed E-state index contributed by atoms with van der Waals surface area (Å²) in [4.78, 5) is 13.0. The van der Waals surface area contributed by atoms with Crippen LogP contribution in [0.5, 0.6) is 0 Å². The lowest BCUT2D eigenvalue weighted by Crippen LogP contribution is -2.55. The van der Waals surface area contributed by atoms with Crippen LogP contribution in [0, 0.1) is 90.5 Å². The Morgan fingerprint density at radius 1 is 0.627 bits per heavy atom. The molecule has 75 heavy (non-hydrogen) atoms. The number of allylic oxidation sites excluding steroid dienone is 8. The van der Waals surface area contributed by atoms with E-state index in [0.29, 0.717) is 33.5 Å². The number of carbonyl (C=O) groups excluding carboxylic acids is 1. The van der Waals surface area contributed by atoms with Gasteiger partial charge in [-0.2, -0.15) is 7.74 Å². The quantitative estimate of drug-likeness (QED) is 0.144. The second-order valence-corrected chi connectivity index (χ2v) is 29.2. The van der Waals surface area contributed by atoms with Crippen molar-refractivity contribution in [1.29, 1.82) is 0 Å². The fourth-order valence-electron chi connectivity index (χ4n) is 19.9. The maximum Gasteiger partial charge on any atom is 0.338 e. The Bertz CT molecular complexity index is 2350. The summed E-state index contributed by atoms with van der Waals surface area (Å²) in [6, 6.07) is 3.26. The molecule has 7 heteroatoms. The van der Waals surface area contributed by atoms with Gasteiger partial charge in [-0.3, -0.25) is 0 Å². The molecule has 1 aromatic rings. The van der Waals surface area contributed by atoms with Gasteiger partial charge in [0.25, 0.3) is 0 Å². The minimum absolute atomic E-state index is 0. The van der Waals surface area contributed by atoms with Gasteiger partial charge in [0, 0.05) is 5.41 Å². The van der Waals surface area contributed by atoms with E-state index in [2.05, 4.69) is 123 Å². The fraction of sp³-hybridized carbons (Fsp3) is 0.779.